The molecule has 0 unspecified atom stereocenters. The number of para-hydroxylation sites is 2. The molecule has 27 heavy (non-hydrogen) atoms. The highest BCUT2D eigenvalue weighted by Crippen LogP contribution is 2.34. The zero-order chi connectivity index (χ0) is 18.2. The van der Waals surface area contributed by atoms with E-state index in [2.05, 4.69) is 71.3 Å². The summed E-state index contributed by atoms with van der Waals surface area (Å²) in [5.41, 5.74) is 6.69. The Kier molecular flexibility index (Phi) is 3.81. The van der Waals surface area contributed by atoms with Crippen LogP contribution in [0.25, 0.3) is 38.6 Å². The van der Waals surface area contributed by atoms with Crippen LogP contribution in [0.5, 0.6) is 0 Å². The van der Waals surface area contributed by atoms with Gasteiger partial charge in [0.2, 0.25) is 0 Å². The van der Waals surface area contributed by atoms with Crippen LogP contribution in [0, 0.1) is 0 Å². The lowest BCUT2D eigenvalue weighted by atomic mass is 9.87. The van der Waals surface area contributed by atoms with Crippen molar-refractivity contribution in [3.05, 3.63) is 97.1 Å². The van der Waals surface area contributed by atoms with Crippen LogP contribution in [0.4, 0.5) is 0 Å². The molecular weight excluding hydrogens is 329 g/mol. The van der Waals surface area contributed by atoms with Crippen LogP contribution in [0.1, 0.15) is 0 Å². The molecule has 0 saturated heterocycles. The summed E-state index contributed by atoms with van der Waals surface area (Å²) in [5.74, 6) is 0. The van der Waals surface area contributed by atoms with E-state index in [9.17, 15) is 0 Å². The van der Waals surface area contributed by atoms with E-state index >= 15 is 0 Å². The number of fused-ring (bicyclic) bond motifs is 3. The predicted molar refractivity (Wildman–Crippen MR) is 114 cm³/mol. The molecule has 0 saturated carbocycles. The molecule has 0 bridgehead atoms. The van der Waals surface area contributed by atoms with Crippen LogP contribution in [0.2, 0.25) is 0 Å². The highest BCUT2D eigenvalue weighted by atomic mass is 16.2. The van der Waals surface area contributed by atoms with E-state index in [1.807, 2.05) is 30.3 Å². The zero-order valence-corrected chi connectivity index (χ0v) is 14.7. The van der Waals surface area contributed by atoms with Crippen LogP contribution in [0.3, 0.4) is 0 Å². The summed E-state index contributed by atoms with van der Waals surface area (Å²) < 4.78 is 2.32. The van der Waals surface area contributed by atoms with Gasteiger partial charge in [-0.2, -0.15) is 0 Å². The van der Waals surface area contributed by atoms with Crippen LogP contribution in [-0.4, -0.2) is 17.1 Å². The Bertz CT molecular complexity index is 1240. The van der Waals surface area contributed by atoms with E-state index in [-0.39, 0.29) is 0 Å². The second kappa shape index (κ2) is 6.46. The van der Waals surface area contributed by atoms with Crippen molar-refractivity contribution in [2.24, 2.45) is 0 Å². The lowest BCUT2D eigenvalue weighted by Crippen LogP contribution is -2.11. The summed E-state index contributed by atoms with van der Waals surface area (Å²) in [6.07, 6.45) is 0. The summed E-state index contributed by atoms with van der Waals surface area (Å²) in [5, 5.41) is 11.6. The summed E-state index contributed by atoms with van der Waals surface area (Å²) >= 11 is 0. The van der Waals surface area contributed by atoms with Gasteiger partial charge in [0.05, 0.1) is 11.0 Å². The Labute approximate surface area is 158 Å². The smallest absolute Gasteiger partial charge is 0.326 e. The molecule has 2 nitrogen and oxygen atoms in total. The second-order valence-electron chi connectivity index (χ2n) is 6.67. The number of nitrogens with zero attached hydrogens (tertiary/aromatic N) is 1. The Morgan fingerprint density at radius 1 is 0.593 bits per heavy atom. The van der Waals surface area contributed by atoms with E-state index in [1.165, 1.54) is 33.1 Å². The topological polar surface area (TPSA) is 25.2 Å². The molecule has 1 radical (unpaired) electrons. The quantitative estimate of drug-likeness (QED) is 0.471. The summed E-state index contributed by atoms with van der Waals surface area (Å²) in [4.78, 5) is 0. The molecule has 0 aliphatic carbocycles. The highest BCUT2D eigenvalue weighted by molar-refractivity contribution is 6.45. The molecule has 0 amide bonds. The third-order valence-electron chi connectivity index (χ3n) is 5.08. The third-order valence-corrected chi connectivity index (χ3v) is 5.08. The first-order valence-electron chi connectivity index (χ1n) is 9.02. The molecule has 0 aliphatic rings. The van der Waals surface area contributed by atoms with Gasteiger partial charge >= 0.3 is 7.48 Å². The van der Waals surface area contributed by atoms with E-state index in [1.54, 1.807) is 0 Å². The van der Waals surface area contributed by atoms with Crippen LogP contribution >= 0.6 is 0 Å². The first-order valence-corrected chi connectivity index (χ1v) is 9.02. The van der Waals surface area contributed by atoms with E-state index in [0.29, 0.717) is 0 Å². The van der Waals surface area contributed by atoms with Crippen molar-refractivity contribution >= 4 is 34.8 Å². The van der Waals surface area contributed by atoms with E-state index in [0.717, 1.165) is 18.5 Å². The maximum absolute atomic E-state index is 9.14. The average Bonchev–Trinajstić information content (AvgIpc) is 3.08. The molecule has 1 N–H and O–H groups in total. The zero-order valence-electron chi connectivity index (χ0n) is 14.7. The van der Waals surface area contributed by atoms with Crippen LogP contribution in [0.15, 0.2) is 97.1 Å². The van der Waals surface area contributed by atoms with Crippen molar-refractivity contribution in [2.45, 2.75) is 0 Å². The highest BCUT2D eigenvalue weighted by Gasteiger charge is 2.12. The molecule has 1 aromatic heterocycles. The standard InChI is InChI=1S/C24H17BNO/c27-25-19-13-10-17(11-14-19)18-12-15-24-22(16-18)21-8-4-5-9-23(21)26(24)20-6-2-1-3-7-20/h1-16,27H. The van der Waals surface area contributed by atoms with Crippen molar-refractivity contribution in [3.63, 3.8) is 0 Å². The lowest BCUT2D eigenvalue weighted by Gasteiger charge is -2.08. The molecule has 4 aromatic carbocycles. The number of rotatable bonds is 3. The minimum absolute atomic E-state index is 0.806. The minimum Gasteiger partial charge on any atom is -0.450 e. The van der Waals surface area contributed by atoms with Crippen molar-refractivity contribution < 1.29 is 5.02 Å². The fraction of sp³-hybridized carbons (Fsp3) is 0. The monoisotopic (exact) mass is 346 g/mol. The number of benzene rings is 4. The second-order valence-corrected chi connectivity index (χ2v) is 6.67. The molecule has 5 rings (SSSR count). The molecule has 0 aliphatic heterocycles. The normalized spacial score (nSPS) is 11.1. The first-order chi connectivity index (χ1) is 13.3. The average molecular weight is 346 g/mol. The SMILES string of the molecule is O[B]c1ccc(-c2ccc3c(c2)c2ccccc2n3-c2ccccc2)cc1. The number of aromatic nitrogens is 1. The molecule has 0 atom stereocenters. The lowest BCUT2D eigenvalue weighted by molar-refractivity contribution is 0.615. The first kappa shape index (κ1) is 15.9. The number of hydrogen-bond donors (Lipinski definition) is 1. The Balaban J connectivity index is 1.77. The van der Waals surface area contributed by atoms with Crippen molar-refractivity contribution in [3.8, 4) is 16.8 Å². The maximum Gasteiger partial charge on any atom is 0.326 e. The van der Waals surface area contributed by atoms with Gasteiger partial charge in [0.25, 0.3) is 0 Å². The Morgan fingerprint density at radius 3 is 2.04 bits per heavy atom. The summed E-state index contributed by atoms with van der Waals surface area (Å²) in [6, 6.07) is 33.6. The van der Waals surface area contributed by atoms with Gasteiger partial charge in [-0.3, -0.25) is 0 Å². The van der Waals surface area contributed by atoms with E-state index < -0.39 is 0 Å². The Hall–Kier alpha value is -3.30. The van der Waals surface area contributed by atoms with Gasteiger partial charge in [-0.15, -0.1) is 0 Å². The molecule has 3 heteroatoms. The molecule has 1 heterocycles. The number of hydrogen-bond acceptors (Lipinski definition) is 1. The fourth-order valence-corrected chi connectivity index (χ4v) is 3.77. The van der Waals surface area contributed by atoms with Gasteiger partial charge < -0.3 is 9.59 Å². The van der Waals surface area contributed by atoms with Gasteiger partial charge in [0.1, 0.15) is 0 Å². The van der Waals surface area contributed by atoms with Gasteiger partial charge in [-0.1, -0.05) is 72.2 Å². The molecule has 0 fully saturated rings. The van der Waals surface area contributed by atoms with Crippen molar-refractivity contribution in [2.75, 3.05) is 0 Å². The van der Waals surface area contributed by atoms with Crippen molar-refractivity contribution in [1.82, 2.24) is 4.57 Å². The predicted octanol–water partition coefficient (Wildman–Crippen LogP) is 4.69. The fourth-order valence-electron chi connectivity index (χ4n) is 3.77. The molecule has 127 valence electrons. The van der Waals surface area contributed by atoms with Gasteiger partial charge in [-0.25, -0.2) is 0 Å². The minimum atomic E-state index is 0.806. The molecule has 0 spiro atoms. The van der Waals surface area contributed by atoms with Gasteiger partial charge in [0, 0.05) is 16.5 Å². The van der Waals surface area contributed by atoms with Gasteiger partial charge in [0.15, 0.2) is 0 Å². The van der Waals surface area contributed by atoms with E-state index in [4.69, 9.17) is 5.02 Å². The Morgan fingerprint density at radius 2 is 1.26 bits per heavy atom. The summed E-state index contributed by atoms with van der Waals surface area (Å²) in [7, 11) is 1.13. The molecule has 5 aromatic rings. The summed E-state index contributed by atoms with van der Waals surface area (Å²) in [6.45, 7) is 0. The largest absolute Gasteiger partial charge is 0.450 e. The molecular formula is C24H17BNO. The van der Waals surface area contributed by atoms with Gasteiger partial charge in [-0.05, 0) is 41.5 Å². The maximum atomic E-state index is 9.14. The third kappa shape index (κ3) is 2.64. The van der Waals surface area contributed by atoms with Crippen LogP contribution < -0.4 is 5.46 Å². The van der Waals surface area contributed by atoms with Crippen molar-refractivity contribution in [1.29, 1.82) is 0 Å². The van der Waals surface area contributed by atoms with Crippen LogP contribution in [-0.2, 0) is 0 Å².